The minimum Gasteiger partial charge on any atom is -0.461 e. The van der Waals surface area contributed by atoms with Crippen LogP contribution in [0.25, 0.3) is 33.6 Å². The molecule has 4 heterocycles. The number of furan rings is 1. The number of carbonyl (C=O) groups is 2. The number of aryl methyl sites for hydroxylation is 1. The van der Waals surface area contributed by atoms with Crippen LogP contribution in [0.3, 0.4) is 0 Å². The summed E-state index contributed by atoms with van der Waals surface area (Å²) < 4.78 is 47.3. The molecule has 47 heavy (non-hydrogen) atoms. The molecule has 1 fully saturated rings. The Bertz CT molecular complexity index is 1900. The van der Waals surface area contributed by atoms with Crippen LogP contribution in [0.4, 0.5) is 13.2 Å². The molecule has 2 aliphatic heterocycles. The molecule has 2 aliphatic rings. The highest BCUT2D eigenvalue weighted by Crippen LogP contribution is 2.37. The number of rotatable bonds is 7. The van der Waals surface area contributed by atoms with Crippen LogP contribution in [0.2, 0.25) is 0 Å². The molecule has 0 saturated carbocycles. The third kappa shape index (κ3) is 6.56. The first-order valence-electron chi connectivity index (χ1n) is 15.7. The Hall–Kier alpha value is -5.18. The summed E-state index contributed by atoms with van der Waals surface area (Å²) in [4.78, 5) is 33.4. The van der Waals surface area contributed by atoms with Crippen LogP contribution in [0.15, 0.2) is 102 Å². The lowest BCUT2D eigenvalue weighted by atomic mass is 9.93. The van der Waals surface area contributed by atoms with Crippen molar-refractivity contribution in [3.63, 3.8) is 0 Å². The van der Waals surface area contributed by atoms with E-state index in [2.05, 4.69) is 4.98 Å². The quantitative estimate of drug-likeness (QED) is 0.181. The molecule has 1 saturated heterocycles. The highest BCUT2D eigenvalue weighted by molar-refractivity contribution is 5.95. The van der Waals surface area contributed by atoms with Crippen molar-refractivity contribution in [3.05, 3.63) is 126 Å². The Morgan fingerprint density at radius 2 is 1.47 bits per heavy atom. The molecule has 6 nitrogen and oxygen atoms in total. The monoisotopic (exact) mass is 635 g/mol. The molecule has 3 aromatic carbocycles. The first-order chi connectivity index (χ1) is 22.7. The summed E-state index contributed by atoms with van der Waals surface area (Å²) in [5.74, 6) is -1.94. The van der Waals surface area contributed by atoms with Crippen molar-refractivity contribution in [1.82, 2.24) is 14.8 Å². The zero-order chi connectivity index (χ0) is 32.5. The van der Waals surface area contributed by atoms with Crippen LogP contribution >= 0.6 is 0 Å². The molecule has 0 N–H and O–H groups in total. The smallest absolute Gasteiger partial charge is 0.253 e. The van der Waals surface area contributed by atoms with E-state index < -0.39 is 5.92 Å². The fraction of sp³-hybridized carbons (Fsp3) is 0.237. The normalized spacial score (nSPS) is 15.5. The summed E-state index contributed by atoms with van der Waals surface area (Å²) in [7, 11) is 0. The van der Waals surface area contributed by atoms with Gasteiger partial charge in [0.15, 0.2) is 0 Å². The van der Waals surface area contributed by atoms with E-state index in [1.165, 1.54) is 17.0 Å². The predicted octanol–water partition coefficient (Wildman–Crippen LogP) is 8.16. The van der Waals surface area contributed by atoms with Crippen molar-refractivity contribution < 1.29 is 27.2 Å². The zero-order valence-electron chi connectivity index (χ0n) is 25.6. The molecular formula is C38H32F3N3O3. The molecule has 0 radical (unpaired) electrons. The molecule has 7 rings (SSSR count). The van der Waals surface area contributed by atoms with Gasteiger partial charge in [0.2, 0.25) is 5.91 Å². The SMILES string of the molecule is O=C(CCc1ccc(-c2ccc(-c3ccc(C(=O)N4CCC(F)(F)CC4)cc3)cc2-c2ccc(F)cc2)o1)N1Cc2ccncc2C1. The van der Waals surface area contributed by atoms with Gasteiger partial charge in [-0.25, -0.2) is 13.2 Å². The lowest BCUT2D eigenvalue weighted by Crippen LogP contribution is -2.42. The number of nitrogens with zero attached hydrogens (tertiary/aromatic N) is 3. The second kappa shape index (κ2) is 12.5. The van der Waals surface area contributed by atoms with Gasteiger partial charge in [0, 0.05) is 75.4 Å². The molecule has 2 aromatic heterocycles. The Labute approximate surface area is 270 Å². The highest BCUT2D eigenvalue weighted by atomic mass is 19.3. The molecule has 238 valence electrons. The van der Waals surface area contributed by atoms with Gasteiger partial charge < -0.3 is 14.2 Å². The summed E-state index contributed by atoms with van der Waals surface area (Å²) in [5, 5.41) is 0. The second-order valence-electron chi connectivity index (χ2n) is 12.2. The molecule has 0 bridgehead atoms. The van der Waals surface area contributed by atoms with E-state index in [0.29, 0.717) is 43.0 Å². The minimum atomic E-state index is -2.72. The number of alkyl halides is 2. The molecule has 9 heteroatoms. The molecule has 0 spiro atoms. The molecule has 5 aromatic rings. The van der Waals surface area contributed by atoms with Crippen LogP contribution in [0, 0.1) is 5.82 Å². The number of benzene rings is 3. The lowest BCUT2D eigenvalue weighted by molar-refractivity contribution is -0.131. The largest absolute Gasteiger partial charge is 0.461 e. The number of hydrogen-bond donors (Lipinski definition) is 0. The second-order valence-corrected chi connectivity index (χ2v) is 12.2. The van der Waals surface area contributed by atoms with Gasteiger partial charge in [0.25, 0.3) is 11.8 Å². The van der Waals surface area contributed by atoms with E-state index in [9.17, 15) is 22.8 Å². The van der Waals surface area contributed by atoms with E-state index in [1.807, 2.05) is 59.6 Å². The van der Waals surface area contributed by atoms with E-state index in [-0.39, 0.29) is 43.6 Å². The van der Waals surface area contributed by atoms with Crippen LogP contribution in [0.1, 0.15) is 46.5 Å². The van der Waals surface area contributed by atoms with E-state index in [1.54, 1.807) is 30.5 Å². The topological polar surface area (TPSA) is 66.7 Å². The number of pyridine rings is 1. The summed E-state index contributed by atoms with van der Waals surface area (Å²) in [6.45, 7) is 1.22. The van der Waals surface area contributed by atoms with Gasteiger partial charge in [0.05, 0.1) is 0 Å². The average Bonchev–Trinajstić information content (AvgIpc) is 3.75. The van der Waals surface area contributed by atoms with Gasteiger partial charge in [-0.05, 0) is 88.0 Å². The van der Waals surface area contributed by atoms with Gasteiger partial charge in [0.1, 0.15) is 17.3 Å². The average molecular weight is 636 g/mol. The Morgan fingerprint density at radius 3 is 2.21 bits per heavy atom. The van der Waals surface area contributed by atoms with Gasteiger partial charge in [-0.3, -0.25) is 14.6 Å². The molecular weight excluding hydrogens is 603 g/mol. The van der Waals surface area contributed by atoms with E-state index in [0.717, 1.165) is 38.9 Å². The minimum absolute atomic E-state index is 0.0338. The number of halogens is 3. The van der Waals surface area contributed by atoms with Crippen molar-refractivity contribution in [3.8, 4) is 33.6 Å². The molecule has 0 unspecified atom stereocenters. The first kappa shape index (κ1) is 30.5. The maximum Gasteiger partial charge on any atom is 0.253 e. The zero-order valence-corrected chi connectivity index (χ0v) is 25.6. The van der Waals surface area contributed by atoms with Crippen LogP contribution in [-0.4, -0.2) is 45.6 Å². The van der Waals surface area contributed by atoms with Crippen molar-refractivity contribution in [1.29, 1.82) is 0 Å². The van der Waals surface area contributed by atoms with Crippen LogP contribution < -0.4 is 0 Å². The highest BCUT2D eigenvalue weighted by Gasteiger charge is 2.35. The van der Waals surface area contributed by atoms with Crippen molar-refractivity contribution >= 4 is 11.8 Å². The Kier molecular flexibility index (Phi) is 8.14. The summed E-state index contributed by atoms with van der Waals surface area (Å²) in [6.07, 6.45) is 3.69. The summed E-state index contributed by atoms with van der Waals surface area (Å²) in [5.41, 5.74) is 6.84. The maximum absolute atomic E-state index is 13.9. The third-order valence-corrected chi connectivity index (χ3v) is 9.01. The fourth-order valence-electron chi connectivity index (χ4n) is 6.27. The molecule has 2 amide bonds. The van der Waals surface area contributed by atoms with Crippen LogP contribution in [-0.2, 0) is 24.3 Å². The number of carbonyl (C=O) groups excluding carboxylic acids is 2. The number of piperidine rings is 1. The number of fused-ring (bicyclic) bond motifs is 1. The van der Waals surface area contributed by atoms with Crippen LogP contribution in [0.5, 0.6) is 0 Å². The number of hydrogen-bond acceptors (Lipinski definition) is 4. The predicted molar refractivity (Wildman–Crippen MR) is 172 cm³/mol. The van der Waals surface area contributed by atoms with Crippen molar-refractivity contribution in [2.75, 3.05) is 13.1 Å². The standard InChI is InChI=1S/C38H32F3N3O3/c39-31-8-5-26(6-9-31)34-21-28(25-1-3-27(4-2-25)37(46)43-19-16-38(40,41)17-20-43)7-12-33(34)35-13-10-32(47-35)11-14-36(45)44-23-29-15-18-42-22-30(29)24-44/h1-10,12-13,15,18,21-22H,11,14,16-17,19-20,23-24H2. The number of amides is 2. The summed E-state index contributed by atoms with van der Waals surface area (Å²) >= 11 is 0. The third-order valence-electron chi connectivity index (χ3n) is 9.01. The number of aromatic nitrogens is 1. The maximum atomic E-state index is 13.9. The molecule has 0 atom stereocenters. The van der Waals surface area contributed by atoms with Gasteiger partial charge in [-0.15, -0.1) is 0 Å². The number of likely N-dealkylation sites (tertiary alicyclic amines) is 1. The van der Waals surface area contributed by atoms with Gasteiger partial charge in [-0.1, -0.05) is 30.3 Å². The fourth-order valence-corrected chi connectivity index (χ4v) is 6.27. The van der Waals surface area contributed by atoms with Gasteiger partial charge in [-0.2, -0.15) is 0 Å². The Morgan fingerprint density at radius 1 is 0.766 bits per heavy atom. The molecule has 0 aliphatic carbocycles. The van der Waals surface area contributed by atoms with Crippen molar-refractivity contribution in [2.24, 2.45) is 0 Å². The van der Waals surface area contributed by atoms with E-state index >= 15 is 0 Å². The van der Waals surface area contributed by atoms with Crippen molar-refractivity contribution in [2.45, 2.75) is 44.7 Å². The summed E-state index contributed by atoms with van der Waals surface area (Å²) in [6, 6.07) is 25.0. The lowest BCUT2D eigenvalue weighted by Gasteiger charge is -2.31. The van der Waals surface area contributed by atoms with Gasteiger partial charge >= 0.3 is 0 Å². The Balaban J connectivity index is 1.09. The first-order valence-corrected chi connectivity index (χ1v) is 15.7. The van der Waals surface area contributed by atoms with E-state index in [4.69, 9.17) is 4.42 Å².